The quantitative estimate of drug-likeness (QED) is 0.818. The molecular weight excluding hydrogens is 186 g/mol. The minimum atomic E-state index is 0.415. The molecule has 0 aliphatic carbocycles. The van der Waals surface area contributed by atoms with Crippen molar-refractivity contribution in [1.82, 2.24) is 5.32 Å². The van der Waals surface area contributed by atoms with E-state index in [4.69, 9.17) is 4.74 Å². The first-order valence-electron chi connectivity index (χ1n) is 5.66. The SMILES string of the molecule is Cc1ccccc1[C@@H](C)NC1CCOC1. The van der Waals surface area contributed by atoms with Crippen molar-refractivity contribution in [3.8, 4) is 0 Å². The molecule has 2 heteroatoms. The molecule has 2 rings (SSSR count). The highest BCUT2D eigenvalue weighted by molar-refractivity contribution is 5.28. The van der Waals surface area contributed by atoms with Crippen molar-refractivity contribution in [2.24, 2.45) is 0 Å². The lowest BCUT2D eigenvalue weighted by molar-refractivity contribution is 0.188. The van der Waals surface area contributed by atoms with Gasteiger partial charge in [-0.25, -0.2) is 0 Å². The average Bonchev–Trinajstić information content (AvgIpc) is 2.71. The van der Waals surface area contributed by atoms with Gasteiger partial charge in [-0.15, -0.1) is 0 Å². The van der Waals surface area contributed by atoms with Crippen LogP contribution in [0.3, 0.4) is 0 Å². The van der Waals surface area contributed by atoms with E-state index in [-0.39, 0.29) is 0 Å². The minimum absolute atomic E-state index is 0.415. The summed E-state index contributed by atoms with van der Waals surface area (Å²) in [7, 11) is 0. The van der Waals surface area contributed by atoms with Gasteiger partial charge >= 0.3 is 0 Å². The minimum Gasteiger partial charge on any atom is -0.380 e. The Bertz CT molecular complexity index is 318. The second-order valence-corrected chi connectivity index (χ2v) is 4.31. The smallest absolute Gasteiger partial charge is 0.0620 e. The maximum Gasteiger partial charge on any atom is 0.0620 e. The van der Waals surface area contributed by atoms with Crippen LogP contribution < -0.4 is 5.32 Å². The summed E-state index contributed by atoms with van der Waals surface area (Å²) >= 11 is 0. The fourth-order valence-electron chi connectivity index (χ4n) is 2.18. The Morgan fingerprint density at radius 3 is 2.87 bits per heavy atom. The molecule has 1 aromatic carbocycles. The molecule has 82 valence electrons. The summed E-state index contributed by atoms with van der Waals surface area (Å²) in [5.74, 6) is 0. The van der Waals surface area contributed by atoms with Gasteiger partial charge in [0.25, 0.3) is 0 Å². The van der Waals surface area contributed by atoms with Crippen LogP contribution in [0.4, 0.5) is 0 Å². The second kappa shape index (κ2) is 4.77. The Kier molecular flexibility index (Phi) is 3.39. The molecule has 1 unspecified atom stereocenters. The third-order valence-electron chi connectivity index (χ3n) is 3.07. The molecule has 1 aliphatic rings. The fraction of sp³-hybridized carbons (Fsp3) is 0.538. The molecule has 0 radical (unpaired) electrons. The highest BCUT2D eigenvalue weighted by atomic mass is 16.5. The van der Waals surface area contributed by atoms with Gasteiger partial charge in [0.15, 0.2) is 0 Å². The van der Waals surface area contributed by atoms with Crippen LogP contribution in [0, 0.1) is 6.92 Å². The summed E-state index contributed by atoms with van der Waals surface area (Å²) in [5, 5.41) is 3.61. The number of hydrogen-bond donors (Lipinski definition) is 1. The second-order valence-electron chi connectivity index (χ2n) is 4.31. The third kappa shape index (κ3) is 2.58. The third-order valence-corrected chi connectivity index (χ3v) is 3.07. The summed E-state index contributed by atoms with van der Waals surface area (Å²) in [6.07, 6.45) is 1.14. The van der Waals surface area contributed by atoms with Crippen LogP contribution in [0.1, 0.15) is 30.5 Å². The number of aryl methyl sites for hydroxylation is 1. The zero-order chi connectivity index (χ0) is 10.7. The number of benzene rings is 1. The zero-order valence-corrected chi connectivity index (χ0v) is 9.49. The summed E-state index contributed by atoms with van der Waals surface area (Å²) in [6.45, 7) is 6.15. The topological polar surface area (TPSA) is 21.3 Å². The fourth-order valence-corrected chi connectivity index (χ4v) is 2.18. The normalized spacial score (nSPS) is 22.9. The Labute approximate surface area is 91.6 Å². The summed E-state index contributed by atoms with van der Waals surface area (Å²) in [4.78, 5) is 0. The Morgan fingerprint density at radius 1 is 1.40 bits per heavy atom. The van der Waals surface area contributed by atoms with E-state index in [0.717, 1.165) is 19.6 Å². The lowest BCUT2D eigenvalue weighted by Gasteiger charge is -2.20. The van der Waals surface area contributed by atoms with Gasteiger partial charge in [0, 0.05) is 18.7 Å². The number of nitrogens with one attached hydrogen (secondary N) is 1. The van der Waals surface area contributed by atoms with E-state index in [1.54, 1.807) is 0 Å². The first-order chi connectivity index (χ1) is 7.27. The predicted octanol–water partition coefficient (Wildman–Crippen LogP) is 2.43. The maximum atomic E-state index is 5.36. The number of rotatable bonds is 3. The molecule has 1 N–H and O–H groups in total. The lowest BCUT2D eigenvalue weighted by atomic mass is 10.0. The zero-order valence-electron chi connectivity index (χ0n) is 9.49. The molecule has 0 spiro atoms. The van der Waals surface area contributed by atoms with Crippen molar-refractivity contribution < 1.29 is 4.74 Å². The van der Waals surface area contributed by atoms with E-state index in [2.05, 4.69) is 43.4 Å². The molecular formula is C13H19NO. The monoisotopic (exact) mass is 205 g/mol. The van der Waals surface area contributed by atoms with Crippen molar-refractivity contribution in [1.29, 1.82) is 0 Å². The highest BCUT2D eigenvalue weighted by Crippen LogP contribution is 2.18. The largest absolute Gasteiger partial charge is 0.380 e. The molecule has 15 heavy (non-hydrogen) atoms. The molecule has 0 amide bonds. The summed E-state index contributed by atoms with van der Waals surface area (Å²) in [5.41, 5.74) is 2.75. The Hall–Kier alpha value is -0.860. The molecule has 1 heterocycles. The predicted molar refractivity (Wildman–Crippen MR) is 62.0 cm³/mol. The maximum absolute atomic E-state index is 5.36. The first kappa shape index (κ1) is 10.7. The average molecular weight is 205 g/mol. The van der Waals surface area contributed by atoms with E-state index in [1.165, 1.54) is 11.1 Å². The van der Waals surface area contributed by atoms with E-state index < -0.39 is 0 Å². The molecule has 2 atom stereocenters. The Morgan fingerprint density at radius 2 is 2.20 bits per heavy atom. The molecule has 0 aromatic heterocycles. The first-order valence-corrected chi connectivity index (χ1v) is 5.66. The summed E-state index contributed by atoms with van der Waals surface area (Å²) < 4.78 is 5.36. The van der Waals surface area contributed by atoms with Gasteiger partial charge < -0.3 is 10.1 Å². The summed E-state index contributed by atoms with van der Waals surface area (Å²) in [6, 6.07) is 9.50. The molecule has 0 saturated carbocycles. The van der Waals surface area contributed by atoms with Crippen LogP contribution >= 0.6 is 0 Å². The van der Waals surface area contributed by atoms with Crippen LogP contribution in [0.5, 0.6) is 0 Å². The van der Waals surface area contributed by atoms with E-state index in [9.17, 15) is 0 Å². The van der Waals surface area contributed by atoms with Gasteiger partial charge in [0.05, 0.1) is 6.61 Å². The van der Waals surface area contributed by atoms with E-state index in [0.29, 0.717) is 12.1 Å². The van der Waals surface area contributed by atoms with Crippen LogP contribution in [0.15, 0.2) is 24.3 Å². The highest BCUT2D eigenvalue weighted by Gasteiger charge is 2.18. The lowest BCUT2D eigenvalue weighted by Crippen LogP contribution is -2.31. The van der Waals surface area contributed by atoms with Crippen molar-refractivity contribution in [2.45, 2.75) is 32.4 Å². The number of ether oxygens (including phenoxy) is 1. The molecule has 0 bridgehead atoms. The van der Waals surface area contributed by atoms with Gasteiger partial charge in [-0.2, -0.15) is 0 Å². The van der Waals surface area contributed by atoms with Gasteiger partial charge in [0.2, 0.25) is 0 Å². The molecule has 1 saturated heterocycles. The van der Waals surface area contributed by atoms with Crippen LogP contribution in [-0.2, 0) is 4.74 Å². The van der Waals surface area contributed by atoms with Gasteiger partial charge in [-0.1, -0.05) is 24.3 Å². The van der Waals surface area contributed by atoms with Crippen molar-refractivity contribution in [3.05, 3.63) is 35.4 Å². The number of hydrogen-bond acceptors (Lipinski definition) is 2. The van der Waals surface area contributed by atoms with Crippen molar-refractivity contribution in [2.75, 3.05) is 13.2 Å². The van der Waals surface area contributed by atoms with Gasteiger partial charge in [-0.3, -0.25) is 0 Å². The van der Waals surface area contributed by atoms with Crippen LogP contribution in [-0.4, -0.2) is 19.3 Å². The van der Waals surface area contributed by atoms with Crippen molar-refractivity contribution in [3.63, 3.8) is 0 Å². The molecule has 1 aromatic rings. The molecule has 1 aliphatic heterocycles. The molecule has 2 nitrogen and oxygen atoms in total. The van der Waals surface area contributed by atoms with Gasteiger partial charge in [0.1, 0.15) is 0 Å². The van der Waals surface area contributed by atoms with Crippen LogP contribution in [0.25, 0.3) is 0 Å². The molecule has 1 fully saturated rings. The standard InChI is InChI=1S/C13H19NO/c1-10-5-3-4-6-13(10)11(2)14-12-7-8-15-9-12/h3-6,11-12,14H,7-9H2,1-2H3/t11-,12?/m1/s1. The van der Waals surface area contributed by atoms with Gasteiger partial charge in [-0.05, 0) is 31.4 Å². The van der Waals surface area contributed by atoms with E-state index in [1.807, 2.05) is 0 Å². The Balaban J connectivity index is 2.00. The van der Waals surface area contributed by atoms with E-state index >= 15 is 0 Å². The van der Waals surface area contributed by atoms with Crippen molar-refractivity contribution >= 4 is 0 Å². The van der Waals surface area contributed by atoms with Crippen LogP contribution in [0.2, 0.25) is 0 Å².